The van der Waals surface area contributed by atoms with Crippen molar-refractivity contribution in [2.75, 3.05) is 33.9 Å². The maximum atomic E-state index is 10.2. The smallest absolute Gasteiger partial charge is 0.136 e. The highest BCUT2D eigenvalue weighted by Gasteiger charge is 2.15. The Morgan fingerprint density at radius 2 is 2.06 bits per heavy atom. The predicted octanol–water partition coefficient (Wildman–Crippen LogP) is 0.960. The molecule has 18 heavy (non-hydrogen) atoms. The summed E-state index contributed by atoms with van der Waals surface area (Å²) in [6, 6.07) is 0.0200. The molecule has 1 saturated heterocycles. The number of hydrogen-bond acceptors (Lipinski definition) is 5. The van der Waals surface area contributed by atoms with Crippen molar-refractivity contribution in [1.29, 1.82) is 0 Å². The number of methoxy groups -OCH3 is 1. The van der Waals surface area contributed by atoms with E-state index in [9.17, 15) is 4.79 Å². The molecule has 1 unspecified atom stereocenters. The highest BCUT2D eigenvalue weighted by molar-refractivity contribution is 5.57. The number of aldehydes is 1. The molecule has 5 heteroatoms. The van der Waals surface area contributed by atoms with Crippen molar-refractivity contribution in [3.8, 4) is 0 Å². The van der Waals surface area contributed by atoms with Crippen LogP contribution in [0.15, 0.2) is 0 Å². The second kappa shape index (κ2) is 16.5. The third kappa shape index (κ3) is 12.0. The molecule has 0 bridgehead atoms. The Balaban J connectivity index is 0. The van der Waals surface area contributed by atoms with Crippen LogP contribution in [0.5, 0.6) is 0 Å². The van der Waals surface area contributed by atoms with Gasteiger partial charge in [-0.15, -0.1) is 0 Å². The van der Waals surface area contributed by atoms with Gasteiger partial charge in [0.05, 0.1) is 19.3 Å². The molecule has 0 aromatic carbocycles. The number of carbonyl (C=O) groups excluding carboxylic acids is 1. The minimum absolute atomic E-state index is 0.0200. The average Bonchev–Trinajstić information content (AvgIpc) is 2.37. The van der Waals surface area contributed by atoms with Crippen molar-refractivity contribution in [2.45, 2.75) is 45.3 Å². The number of nitrogens with one attached hydrogen (secondary N) is 1. The zero-order chi connectivity index (χ0) is 14.2. The van der Waals surface area contributed by atoms with Gasteiger partial charge < -0.3 is 25.3 Å². The van der Waals surface area contributed by atoms with E-state index in [0.29, 0.717) is 6.10 Å². The van der Waals surface area contributed by atoms with Gasteiger partial charge in [0.1, 0.15) is 12.4 Å². The number of ether oxygens (including phenoxy) is 2. The summed E-state index contributed by atoms with van der Waals surface area (Å²) in [5.74, 6) is 0. The molecule has 0 spiro atoms. The Bertz CT molecular complexity index is 162. The normalized spacial score (nSPS) is 15.4. The summed E-state index contributed by atoms with van der Waals surface area (Å²) >= 11 is 0. The molecule has 3 N–H and O–H groups in total. The van der Waals surface area contributed by atoms with Gasteiger partial charge in [0.2, 0.25) is 0 Å². The lowest BCUT2D eigenvalue weighted by molar-refractivity contribution is -0.113. The fraction of sp³-hybridized carbons (Fsp3) is 0.923. The van der Waals surface area contributed by atoms with Gasteiger partial charge in [0, 0.05) is 7.11 Å². The summed E-state index contributed by atoms with van der Waals surface area (Å²) in [7, 11) is 3.49. The molecule has 0 radical (unpaired) electrons. The van der Waals surface area contributed by atoms with E-state index in [2.05, 4.69) is 5.32 Å². The average molecular weight is 262 g/mol. The van der Waals surface area contributed by atoms with Gasteiger partial charge in [-0.05, 0) is 26.4 Å². The molecule has 110 valence electrons. The van der Waals surface area contributed by atoms with Gasteiger partial charge in [0.25, 0.3) is 0 Å². The SMILES string of the molecule is CC.CNC(C=O)CCCCN.COC1COC1. The highest BCUT2D eigenvalue weighted by atomic mass is 16.6. The van der Waals surface area contributed by atoms with Crippen LogP contribution < -0.4 is 11.1 Å². The molecular formula is C13H30N2O3. The topological polar surface area (TPSA) is 73.6 Å². The Labute approximate surface area is 111 Å². The van der Waals surface area contributed by atoms with E-state index in [0.717, 1.165) is 45.3 Å². The molecule has 1 rings (SSSR count). The molecule has 0 aliphatic carbocycles. The van der Waals surface area contributed by atoms with Crippen LogP contribution in [0.2, 0.25) is 0 Å². The maximum absolute atomic E-state index is 10.2. The zero-order valence-electron chi connectivity index (χ0n) is 12.3. The molecule has 1 atom stereocenters. The number of rotatable bonds is 7. The third-order valence-electron chi connectivity index (χ3n) is 2.45. The molecule has 5 nitrogen and oxygen atoms in total. The number of nitrogens with two attached hydrogens (primary N) is 1. The van der Waals surface area contributed by atoms with Crippen molar-refractivity contribution < 1.29 is 14.3 Å². The standard InChI is InChI=1S/C7H16N2O.C4H8O2.C2H6/c1-9-7(6-10)4-2-3-5-8;1-5-4-2-6-3-4;1-2/h6-7,9H,2-5,8H2,1H3;4H,2-3H2,1H3;1-2H3. The minimum atomic E-state index is 0.0200. The second-order valence-corrected chi connectivity index (χ2v) is 3.71. The van der Waals surface area contributed by atoms with Crippen LogP contribution in [0.3, 0.4) is 0 Å². The van der Waals surface area contributed by atoms with Crippen molar-refractivity contribution in [2.24, 2.45) is 5.73 Å². The fourth-order valence-corrected chi connectivity index (χ4v) is 1.14. The lowest BCUT2D eigenvalue weighted by atomic mass is 10.1. The highest BCUT2D eigenvalue weighted by Crippen LogP contribution is 2.01. The first-order valence-electron chi connectivity index (χ1n) is 6.71. The second-order valence-electron chi connectivity index (χ2n) is 3.71. The lowest BCUT2D eigenvalue weighted by Gasteiger charge is -2.23. The van der Waals surface area contributed by atoms with Crippen LogP contribution in [-0.4, -0.2) is 52.3 Å². The summed E-state index contributed by atoms with van der Waals surface area (Å²) in [6.07, 6.45) is 4.27. The maximum Gasteiger partial charge on any atom is 0.136 e. The van der Waals surface area contributed by atoms with Gasteiger partial charge in [0.15, 0.2) is 0 Å². The Kier molecular flexibility index (Phi) is 18.2. The number of carbonyl (C=O) groups is 1. The summed E-state index contributed by atoms with van der Waals surface area (Å²) in [5.41, 5.74) is 5.29. The summed E-state index contributed by atoms with van der Waals surface area (Å²) in [5, 5.41) is 2.90. The minimum Gasteiger partial charge on any atom is -0.377 e. The van der Waals surface area contributed by atoms with E-state index >= 15 is 0 Å². The van der Waals surface area contributed by atoms with Gasteiger partial charge in [-0.3, -0.25) is 0 Å². The molecule has 1 fully saturated rings. The van der Waals surface area contributed by atoms with E-state index in [1.54, 1.807) is 14.2 Å². The zero-order valence-corrected chi connectivity index (χ0v) is 12.3. The van der Waals surface area contributed by atoms with Crippen molar-refractivity contribution in [3.05, 3.63) is 0 Å². The molecule has 1 aliphatic rings. The van der Waals surface area contributed by atoms with Crippen LogP contribution in [0.1, 0.15) is 33.1 Å². The first-order chi connectivity index (χ1) is 8.78. The largest absolute Gasteiger partial charge is 0.377 e. The van der Waals surface area contributed by atoms with E-state index in [-0.39, 0.29) is 6.04 Å². The van der Waals surface area contributed by atoms with Crippen LogP contribution in [0.4, 0.5) is 0 Å². The van der Waals surface area contributed by atoms with Gasteiger partial charge >= 0.3 is 0 Å². The number of hydrogen-bond donors (Lipinski definition) is 2. The fourth-order valence-electron chi connectivity index (χ4n) is 1.14. The summed E-state index contributed by atoms with van der Waals surface area (Å²) in [4.78, 5) is 10.2. The van der Waals surface area contributed by atoms with E-state index in [1.165, 1.54) is 0 Å². The van der Waals surface area contributed by atoms with Crippen LogP contribution in [-0.2, 0) is 14.3 Å². The molecule has 0 saturated carbocycles. The summed E-state index contributed by atoms with van der Waals surface area (Å²) < 4.78 is 9.66. The van der Waals surface area contributed by atoms with Crippen molar-refractivity contribution >= 4 is 6.29 Å². The Morgan fingerprint density at radius 1 is 1.44 bits per heavy atom. The Morgan fingerprint density at radius 3 is 2.28 bits per heavy atom. The van der Waals surface area contributed by atoms with Gasteiger partial charge in [-0.25, -0.2) is 0 Å². The third-order valence-corrected chi connectivity index (χ3v) is 2.45. The first kappa shape index (κ1) is 19.8. The summed E-state index contributed by atoms with van der Waals surface area (Å²) in [6.45, 7) is 6.29. The van der Waals surface area contributed by atoms with E-state index in [4.69, 9.17) is 15.2 Å². The molecular weight excluding hydrogens is 232 g/mol. The van der Waals surface area contributed by atoms with Crippen LogP contribution >= 0.6 is 0 Å². The molecule has 0 aromatic heterocycles. The molecule has 0 amide bonds. The van der Waals surface area contributed by atoms with E-state index < -0.39 is 0 Å². The van der Waals surface area contributed by atoms with Gasteiger partial charge in [-0.1, -0.05) is 20.3 Å². The van der Waals surface area contributed by atoms with Crippen molar-refractivity contribution in [1.82, 2.24) is 5.32 Å². The molecule has 0 aromatic rings. The van der Waals surface area contributed by atoms with Crippen LogP contribution in [0, 0.1) is 0 Å². The molecule has 1 aliphatic heterocycles. The first-order valence-corrected chi connectivity index (χ1v) is 6.71. The monoisotopic (exact) mass is 262 g/mol. The number of unbranched alkanes of at least 4 members (excludes halogenated alkanes) is 1. The predicted molar refractivity (Wildman–Crippen MR) is 74.8 cm³/mol. The quantitative estimate of drug-likeness (QED) is 0.528. The van der Waals surface area contributed by atoms with Gasteiger partial charge in [-0.2, -0.15) is 0 Å². The van der Waals surface area contributed by atoms with Crippen LogP contribution in [0.25, 0.3) is 0 Å². The van der Waals surface area contributed by atoms with Crippen molar-refractivity contribution in [3.63, 3.8) is 0 Å². The molecule has 1 heterocycles. The lowest BCUT2D eigenvalue weighted by Crippen LogP contribution is -2.34. The Hall–Kier alpha value is -0.490. The number of likely N-dealkylation sites (N-methyl/N-ethyl adjacent to an activating group) is 1. The van der Waals surface area contributed by atoms with E-state index in [1.807, 2.05) is 13.8 Å².